The van der Waals surface area contributed by atoms with Gasteiger partial charge < -0.3 is 14.8 Å². The van der Waals surface area contributed by atoms with Gasteiger partial charge in [0.05, 0.1) is 19.4 Å². The predicted octanol–water partition coefficient (Wildman–Crippen LogP) is 2.78. The van der Waals surface area contributed by atoms with E-state index in [9.17, 15) is 0 Å². The fourth-order valence-electron chi connectivity index (χ4n) is 1.94. The highest BCUT2D eigenvalue weighted by molar-refractivity contribution is 5.42. The topological polar surface area (TPSA) is 43.4 Å². The maximum absolute atomic E-state index is 5.57. The van der Waals surface area contributed by atoms with E-state index in [0.29, 0.717) is 6.61 Å². The Bertz CT molecular complexity index is 529. The van der Waals surface area contributed by atoms with Gasteiger partial charge in [0, 0.05) is 19.3 Å². The normalized spacial score (nSPS) is 10.3. The number of pyridine rings is 1. The van der Waals surface area contributed by atoms with Crippen LogP contribution in [0.25, 0.3) is 0 Å². The molecule has 2 rings (SSSR count). The van der Waals surface area contributed by atoms with Crippen molar-refractivity contribution in [1.29, 1.82) is 0 Å². The van der Waals surface area contributed by atoms with Gasteiger partial charge in [0.25, 0.3) is 0 Å². The monoisotopic (exact) mass is 272 g/mol. The summed E-state index contributed by atoms with van der Waals surface area (Å²) < 4.78 is 10.8. The molecule has 0 aliphatic rings. The molecule has 0 spiro atoms. The summed E-state index contributed by atoms with van der Waals surface area (Å²) in [5, 5.41) is 3.37. The van der Waals surface area contributed by atoms with Gasteiger partial charge in [-0.05, 0) is 36.8 Å². The lowest BCUT2D eigenvalue weighted by atomic mass is 10.2. The highest BCUT2D eigenvalue weighted by Crippen LogP contribution is 2.27. The Labute approximate surface area is 119 Å². The van der Waals surface area contributed by atoms with Crippen LogP contribution in [-0.4, -0.2) is 18.7 Å². The van der Waals surface area contributed by atoms with Crippen LogP contribution in [0.3, 0.4) is 0 Å². The maximum Gasteiger partial charge on any atom is 0.161 e. The first-order valence-electron chi connectivity index (χ1n) is 6.74. The second-order valence-electron chi connectivity index (χ2n) is 4.34. The third-order valence-corrected chi connectivity index (χ3v) is 2.89. The van der Waals surface area contributed by atoms with Crippen LogP contribution in [0.4, 0.5) is 0 Å². The number of nitrogens with one attached hydrogen (secondary N) is 1. The molecule has 0 amide bonds. The Morgan fingerprint density at radius 2 is 2.00 bits per heavy atom. The minimum absolute atomic E-state index is 0.626. The zero-order valence-electron chi connectivity index (χ0n) is 11.9. The van der Waals surface area contributed by atoms with Crippen molar-refractivity contribution in [2.24, 2.45) is 0 Å². The van der Waals surface area contributed by atoms with Crippen LogP contribution in [0.1, 0.15) is 18.2 Å². The molecular weight excluding hydrogens is 252 g/mol. The molecule has 0 aliphatic carbocycles. The van der Waals surface area contributed by atoms with Gasteiger partial charge in [-0.25, -0.2) is 0 Å². The average Bonchev–Trinajstić information content (AvgIpc) is 2.49. The van der Waals surface area contributed by atoms with Crippen LogP contribution < -0.4 is 14.8 Å². The minimum atomic E-state index is 0.626. The van der Waals surface area contributed by atoms with Crippen molar-refractivity contribution in [3.63, 3.8) is 0 Å². The molecule has 2 aromatic rings. The Morgan fingerprint density at radius 1 is 1.10 bits per heavy atom. The summed E-state index contributed by atoms with van der Waals surface area (Å²) in [6.07, 6.45) is 1.80. The fourth-order valence-corrected chi connectivity index (χ4v) is 1.94. The van der Waals surface area contributed by atoms with Gasteiger partial charge in [-0.2, -0.15) is 0 Å². The number of benzene rings is 1. The third-order valence-electron chi connectivity index (χ3n) is 2.89. The minimum Gasteiger partial charge on any atom is -0.493 e. The molecule has 0 atom stereocenters. The molecule has 1 N–H and O–H groups in total. The number of hydrogen-bond acceptors (Lipinski definition) is 4. The quantitative estimate of drug-likeness (QED) is 0.841. The molecule has 1 heterocycles. The van der Waals surface area contributed by atoms with Crippen LogP contribution in [0.15, 0.2) is 42.6 Å². The van der Waals surface area contributed by atoms with Crippen LogP contribution in [0, 0.1) is 0 Å². The summed E-state index contributed by atoms with van der Waals surface area (Å²) >= 11 is 0. The second-order valence-corrected chi connectivity index (χ2v) is 4.34. The first-order valence-corrected chi connectivity index (χ1v) is 6.74. The highest BCUT2D eigenvalue weighted by atomic mass is 16.5. The van der Waals surface area contributed by atoms with Crippen molar-refractivity contribution in [1.82, 2.24) is 10.3 Å². The molecule has 0 bridgehead atoms. The van der Waals surface area contributed by atoms with Crippen molar-refractivity contribution in [3.05, 3.63) is 53.9 Å². The molecule has 0 fully saturated rings. The molecule has 20 heavy (non-hydrogen) atoms. The molecule has 0 saturated carbocycles. The highest BCUT2D eigenvalue weighted by Gasteiger charge is 2.05. The third kappa shape index (κ3) is 3.96. The van der Waals surface area contributed by atoms with Crippen LogP contribution >= 0.6 is 0 Å². The summed E-state index contributed by atoms with van der Waals surface area (Å²) in [5.41, 5.74) is 2.19. The van der Waals surface area contributed by atoms with Gasteiger partial charge in [-0.15, -0.1) is 0 Å². The Kier molecular flexibility index (Phi) is 5.38. The van der Waals surface area contributed by atoms with Crippen molar-refractivity contribution in [2.75, 3.05) is 13.7 Å². The van der Waals surface area contributed by atoms with Crippen molar-refractivity contribution in [3.8, 4) is 11.5 Å². The lowest BCUT2D eigenvalue weighted by Crippen LogP contribution is -2.13. The SMILES string of the molecule is CCOc1cc(CNCc2ccccn2)ccc1OC. The Morgan fingerprint density at radius 3 is 2.70 bits per heavy atom. The lowest BCUT2D eigenvalue weighted by molar-refractivity contribution is 0.310. The first kappa shape index (κ1) is 14.3. The zero-order chi connectivity index (χ0) is 14.2. The molecule has 4 nitrogen and oxygen atoms in total. The number of methoxy groups -OCH3 is 1. The summed E-state index contributed by atoms with van der Waals surface area (Å²) in [4.78, 5) is 4.28. The zero-order valence-corrected chi connectivity index (χ0v) is 11.9. The standard InChI is InChI=1S/C16H20N2O2/c1-3-20-16-10-13(7-8-15(16)19-2)11-17-12-14-6-4-5-9-18-14/h4-10,17H,3,11-12H2,1-2H3. The molecule has 1 aromatic heterocycles. The maximum atomic E-state index is 5.57. The van der Waals surface area contributed by atoms with E-state index in [-0.39, 0.29) is 0 Å². The molecule has 4 heteroatoms. The average molecular weight is 272 g/mol. The summed E-state index contributed by atoms with van der Waals surface area (Å²) in [6.45, 7) is 4.10. The Hall–Kier alpha value is -2.07. The van der Waals surface area contributed by atoms with E-state index in [2.05, 4.69) is 10.3 Å². The van der Waals surface area contributed by atoms with E-state index in [4.69, 9.17) is 9.47 Å². The van der Waals surface area contributed by atoms with Gasteiger partial charge >= 0.3 is 0 Å². The first-order chi connectivity index (χ1) is 9.83. The van der Waals surface area contributed by atoms with Crippen LogP contribution in [-0.2, 0) is 13.1 Å². The van der Waals surface area contributed by atoms with Gasteiger partial charge in [0.15, 0.2) is 11.5 Å². The molecule has 0 radical (unpaired) electrons. The number of nitrogens with zero attached hydrogens (tertiary/aromatic N) is 1. The summed E-state index contributed by atoms with van der Waals surface area (Å²) in [6, 6.07) is 11.9. The van der Waals surface area contributed by atoms with E-state index >= 15 is 0 Å². The van der Waals surface area contributed by atoms with Crippen molar-refractivity contribution >= 4 is 0 Å². The van der Waals surface area contributed by atoms with Gasteiger partial charge in [0.2, 0.25) is 0 Å². The predicted molar refractivity (Wildman–Crippen MR) is 78.9 cm³/mol. The van der Waals surface area contributed by atoms with E-state index in [0.717, 1.165) is 35.8 Å². The summed E-state index contributed by atoms with van der Waals surface area (Å²) in [7, 11) is 1.65. The largest absolute Gasteiger partial charge is 0.493 e. The van der Waals surface area contributed by atoms with E-state index in [1.165, 1.54) is 0 Å². The van der Waals surface area contributed by atoms with Crippen LogP contribution in [0.2, 0.25) is 0 Å². The lowest BCUT2D eigenvalue weighted by Gasteiger charge is -2.11. The number of ether oxygens (including phenoxy) is 2. The van der Waals surface area contributed by atoms with E-state index < -0.39 is 0 Å². The number of hydrogen-bond donors (Lipinski definition) is 1. The molecular formula is C16H20N2O2. The summed E-state index contributed by atoms with van der Waals surface area (Å²) in [5.74, 6) is 1.55. The van der Waals surface area contributed by atoms with Gasteiger partial charge in [-0.1, -0.05) is 12.1 Å². The molecule has 0 unspecified atom stereocenters. The molecule has 106 valence electrons. The van der Waals surface area contributed by atoms with Gasteiger partial charge in [0.1, 0.15) is 0 Å². The molecule has 0 saturated heterocycles. The number of aromatic nitrogens is 1. The second kappa shape index (κ2) is 7.50. The van der Waals surface area contributed by atoms with Crippen molar-refractivity contribution < 1.29 is 9.47 Å². The van der Waals surface area contributed by atoms with Crippen molar-refractivity contribution in [2.45, 2.75) is 20.0 Å². The Balaban J connectivity index is 1.94. The van der Waals surface area contributed by atoms with E-state index in [1.54, 1.807) is 13.3 Å². The van der Waals surface area contributed by atoms with Crippen LogP contribution in [0.5, 0.6) is 11.5 Å². The van der Waals surface area contributed by atoms with E-state index in [1.807, 2.05) is 43.3 Å². The molecule has 1 aromatic carbocycles. The fraction of sp³-hybridized carbons (Fsp3) is 0.312. The smallest absolute Gasteiger partial charge is 0.161 e. The van der Waals surface area contributed by atoms with Gasteiger partial charge in [-0.3, -0.25) is 4.98 Å². The molecule has 0 aliphatic heterocycles. The number of rotatable bonds is 7.